The molecule has 1 aromatic rings. The van der Waals surface area contributed by atoms with Crippen molar-refractivity contribution in [2.45, 2.75) is 19.4 Å². The van der Waals surface area contributed by atoms with Crippen molar-refractivity contribution < 1.29 is 0 Å². The molecule has 96 valence electrons. The van der Waals surface area contributed by atoms with Crippen LogP contribution in [0.15, 0.2) is 22.7 Å². The molecule has 1 aliphatic rings. The first-order chi connectivity index (χ1) is 8.61. The molecule has 1 aromatic carbocycles. The molecule has 0 aromatic heterocycles. The van der Waals surface area contributed by atoms with E-state index in [0.717, 1.165) is 24.1 Å². The molecule has 1 atom stereocenters. The van der Waals surface area contributed by atoms with E-state index in [1.807, 2.05) is 0 Å². The molecular weight excluding hydrogens is 290 g/mol. The fraction of sp³-hybridized carbons (Fsp3) is 0.500. The Hall–Kier alpha value is -1.05. The monoisotopic (exact) mass is 307 g/mol. The molecule has 1 saturated heterocycles. The van der Waals surface area contributed by atoms with Crippen molar-refractivity contribution in [1.29, 1.82) is 5.26 Å². The number of halogens is 1. The van der Waals surface area contributed by atoms with Crippen LogP contribution in [0.4, 0.5) is 5.69 Å². The lowest BCUT2D eigenvalue weighted by Gasteiger charge is -2.40. The van der Waals surface area contributed by atoms with Gasteiger partial charge in [-0.25, -0.2) is 0 Å². The maximum Gasteiger partial charge on any atom is 0.0638 e. The third-order valence-electron chi connectivity index (χ3n) is 3.55. The smallest absolute Gasteiger partial charge is 0.0638 e. The molecule has 0 N–H and O–H groups in total. The van der Waals surface area contributed by atoms with Crippen LogP contribution < -0.4 is 4.90 Å². The number of piperazine rings is 1. The van der Waals surface area contributed by atoms with Crippen LogP contribution in [0, 0.1) is 18.3 Å². The number of aryl methyl sites for hydroxylation is 1. The summed E-state index contributed by atoms with van der Waals surface area (Å²) < 4.78 is 1.14. The van der Waals surface area contributed by atoms with Crippen LogP contribution >= 0.6 is 15.9 Å². The van der Waals surface area contributed by atoms with E-state index in [0.29, 0.717) is 12.5 Å². The normalized spacial score (nSPS) is 20.8. The van der Waals surface area contributed by atoms with E-state index in [9.17, 15) is 0 Å². The third kappa shape index (κ3) is 2.85. The summed E-state index contributed by atoms with van der Waals surface area (Å²) in [5.74, 6) is 0. The SMILES string of the molecule is Cc1ccc(N2CCN(C)C(CC#N)C2)c(Br)c1. The first-order valence-corrected chi connectivity index (χ1v) is 6.99. The van der Waals surface area contributed by atoms with Gasteiger partial charge in [-0.3, -0.25) is 4.90 Å². The van der Waals surface area contributed by atoms with E-state index in [2.05, 4.69) is 64.0 Å². The van der Waals surface area contributed by atoms with Crippen LogP contribution in [0.3, 0.4) is 0 Å². The molecule has 2 rings (SSSR count). The van der Waals surface area contributed by atoms with Crippen LogP contribution in [-0.4, -0.2) is 37.6 Å². The molecule has 1 fully saturated rings. The minimum Gasteiger partial charge on any atom is -0.368 e. The maximum atomic E-state index is 8.88. The standard InChI is InChI=1S/C14H18BrN3/c1-11-3-4-14(13(15)9-11)18-8-7-17(2)12(10-18)5-6-16/h3-4,9,12H,5,7-8,10H2,1-2H3. The molecule has 0 radical (unpaired) electrons. The Morgan fingerprint density at radius 3 is 2.89 bits per heavy atom. The van der Waals surface area contributed by atoms with Gasteiger partial charge in [0.1, 0.15) is 0 Å². The summed E-state index contributed by atoms with van der Waals surface area (Å²) in [5.41, 5.74) is 2.49. The minimum atomic E-state index is 0.331. The van der Waals surface area contributed by atoms with Gasteiger partial charge in [0, 0.05) is 30.1 Å². The van der Waals surface area contributed by atoms with Crippen LogP contribution in [0.25, 0.3) is 0 Å². The van der Waals surface area contributed by atoms with Gasteiger partial charge in [0.25, 0.3) is 0 Å². The van der Waals surface area contributed by atoms with Crippen molar-refractivity contribution in [2.24, 2.45) is 0 Å². The summed E-state index contributed by atoms with van der Waals surface area (Å²) in [7, 11) is 2.10. The van der Waals surface area contributed by atoms with Crippen molar-refractivity contribution >= 4 is 21.6 Å². The van der Waals surface area contributed by atoms with Gasteiger partial charge in [-0.15, -0.1) is 0 Å². The van der Waals surface area contributed by atoms with Gasteiger partial charge in [0.15, 0.2) is 0 Å². The molecule has 0 bridgehead atoms. The van der Waals surface area contributed by atoms with Gasteiger partial charge in [-0.2, -0.15) is 5.26 Å². The molecule has 0 aliphatic carbocycles. The molecule has 3 nitrogen and oxygen atoms in total. The van der Waals surface area contributed by atoms with Gasteiger partial charge >= 0.3 is 0 Å². The molecular formula is C14H18BrN3. The Balaban J connectivity index is 2.16. The summed E-state index contributed by atoms with van der Waals surface area (Å²) in [5, 5.41) is 8.88. The van der Waals surface area contributed by atoms with Crippen molar-refractivity contribution in [3.8, 4) is 6.07 Å². The fourth-order valence-electron chi connectivity index (χ4n) is 2.36. The highest BCUT2D eigenvalue weighted by atomic mass is 79.9. The highest BCUT2D eigenvalue weighted by Gasteiger charge is 2.25. The van der Waals surface area contributed by atoms with Crippen LogP contribution in [-0.2, 0) is 0 Å². The van der Waals surface area contributed by atoms with E-state index in [1.165, 1.54) is 11.3 Å². The molecule has 1 unspecified atom stereocenters. The number of anilines is 1. The van der Waals surface area contributed by atoms with Gasteiger partial charge in [-0.05, 0) is 47.6 Å². The predicted octanol–water partition coefficient (Wildman–Crippen LogP) is 2.79. The van der Waals surface area contributed by atoms with E-state index in [-0.39, 0.29) is 0 Å². The lowest BCUT2D eigenvalue weighted by molar-refractivity contribution is 0.221. The second kappa shape index (κ2) is 5.73. The second-order valence-corrected chi connectivity index (χ2v) is 5.75. The maximum absolute atomic E-state index is 8.88. The Kier molecular flexibility index (Phi) is 4.26. The molecule has 0 spiro atoms. The molecule has 0 amide bonds. The molecule has 4 heteroatoms. The summed E-state index contributed by atoms with van der Waals surface area (Å²) in [6.45, 7) is 5.04. The van der Waals surface area contributed by atoms with E-state index >= 15 is 0 Å². The van der Waals surface area contributed by atoms with Gasteiger partial charge in [0.05, 0.1) is 18.2 Å². The van der Waals surface area contributed by atoms with Crippen molar-refractivity contribution in [3.63, 3.8) is 0 Å². The number of hydrogen-bond acceptors (Lipinski definition) is 3. The first-order valence-electron chi connectivity index (χ1n) is 6.20. The van der Waals surface area contributed by atoms with Crippen molar-refractivity contribution in [3.05, 3.63) is 28.2 Å². The number of nitrogens with zero attached hydrogens (tertiary/aromatic N) is 3. The first kappa shape index (κ1) is 13.4. The lowest BCUT2D eigenvalue weighted by atomic mass is 10.1. The third-order valence-corrected chi connectivity index (χ3v) is 4.18. The second-order valence-electron chi connectivity index (χ2n) is 4.90. The highest BCUT2D eigenvalue weighted by molar-refractivity contribution is 9.10. The summed E-state index contributed by atoms with van der Waals surface area (Å²) in [6.07, 6.45) is 0.594. The molecule has 18 heavy (non-hydrogen) atoms. The zero-order valence-corrected chi connectivity index (χ0v) is 12.4. The predicted molar refractivity (Wildman–Crippen MR) is 77.7 cm³/mol. The number of rotatable bonds is 2. The Morgan fingerprint density at radius 2 is 2.22 bits per heavy atom. The Morgan fingerprint density at radius 1 is 1.44 bits per heavy atom. The lowest BCUT2D eigenvalue weighted by Crippen LogP contribution is -2.51. The topological polar surface area (TPSA) is 30.3 Å². The number of nitriles is 1. The van der Waals surface area contributed by atoms with Gasteiger partial charge in [0.2, 0.25) is 0 Å². The summed E-state index contributed by atoms with van der Waals surface area (Å²) in [4.78, 5) is 4.65. The zero-order valence-electron chi connectivity index (χ0n) is 10.9. The summed E-state index contributed by atoms with van der Waals surface area (Å²) >= 11 is 3.64. The zero-order chi connectivity index (χ0) is 13.1. The fourth-order valence-corrected chi connectivity index (χ4v) is 3.10. The highest BCUT2D eigenvalue weighted by Crippen LogP contribution is 2.29. The minimum absolute atomic E-state index is 0.331. The largest absolute Gasteiger partial charge is 0.368 e. The quantitative estimate of drug-likeness (QED) is 0.841. The number of likely N-dealkylation sites (N-methyl/N-ethyl adjacent to an activating group) is 1. The summed E-state index contributed by atoms with van der Waals surface area (Å²) in [6, 6.07) is 9.06. The Bertz CT molecular complexity index is 467. The van der Waals surface area contributed by atoms with Crippen molar-refractivity contribution in [2.75, 3.05) is 31.6 Å². The molecule has 1 heterocycles. The van der Waals surface area contributed by atoms with E-state index in [1.54, 1.807) is 0 Å². The van der Waals surface area contributed by atoms with E-state index < -0.39 is 0 Å². The van der Waals surface area contributed by atoms with Crippen LogP contribution in [0.5, 0.6) is 0 Å². The molecule has 1 aliphatic heterocycles. The molecule has 0 saturated carbocycles. The van der Waals surface area contributed by atoms with Crippen LogP contribution in [0.2, 0.25) is 0 Å². The van der Waals surface area contributed by atoms with Crippen molar-refractivity contribution in [1.82, 2.24) is 4.90 Å². The van der Waals surface area contributed by atoms with Gasteiger partial charge in [-0.1, -0.05) is 6.07 Å². The average Bonchev–Trinajstić information content (AvgIpc) is 2.33. The van der Waals surface area contributed by atoms with Crippen LogP contribution in [0.1, 0.15) is 12.0 Å². The van der Waals surface area contributed by atoms with E-state index in [4.69, 9.17) is 5.26 Å². The number of hydrogen-bond donors (Lipinski definition) is 0. The average molecular weight is 308 g/mol. The number of benzene rings is 1. The van der Waals surface area contributed by atoms with Gasteiger partial charge < -0.3 is 4.90 Å². The Labute approximate surface area is 117 Å².